The average Bonchev–Trinajstić information content (AvgIpc) is 2.93. The van der Waals surface area contributed by atoms with Gasteiger partial charge in [0.05, 0.1) is 53.0 Å². The third-order valence-electron chi connectivity index (χ3n) is 6.70. The van der Waals surface area contributed by atoms with Gasteiger partial charge in [-0.15, -0.1) is 0 Å². The number of rotatable bonds is 10. The zero-order valence-electron chi connectivity index (χ0n) is 21.6. The summed E-state index contributed by atoms with van der Waals surface area (Å²) in [5.41, 5.74) is 3.05. The lowest BCUT2D eigenvalue weighted by Gasteiger charge is -2.37. The van der Waals surface area contributed by atoms with Crippen LogP contribution in [0, 0.1) is 11.8 Å². The largest absolute Gasteiger partial charge is 0.493 e. The van der Waals surface area contributed by atoms with Gasteiger partial charge in [-0.25, -0.2) is 0 Å². The molecule has 1 aliphatic carbocycles. The van der Waals surface area contributed by atoms with E-state index in [1.807, 2.05) is 60.7 Å². The Bertz CT molecular complexity index is 1210. The summed E-state index contributed by atoms with van der Waals surface area (Å²) in [6.07, 6.45) is 0. The van der Waals surface area contributed by atoms with Crippen molar-refractivity contribution in [2.75, 3.05) is 34.5 Å². The van der Waals surface area contributed by atoms with Crippen LogP contribution >= 0.6 is 0 Å². The highest BCUT2D eigenvalue weighted by Gasteiger charge is 2.47. The van der Waals surface area contributed by atoms with Gasteiger partial charge in [-0.1, -0.05) is 54.6 Å². The predicted octanol–water partition coefficient (Wildman–Crippen LogP) is 5.05. The van der Waals surface area contributed by atoms with Gasteiger partial charge in [-0.05, 0) is 35.7 Å². The standard InChI is InChI=1S/C30H32O7/c1-5-37-30(32)27-23(18-36-17-19-11-7-6-8-12-19)28(31)22-14-10-9-13-21(22)26(27)20-15-24(33-2)29(35-4)25(16-20)34-3/h6-16,23,26-27H,5,17-18H2,1-4H3/t23-,26+,27-/m1/s1. The molecule has 0 radical (unpaired) electrons. The summed E-state index contributed by atoms with van der Waals surface area (Å²) in [6.45, 7) is 2.36. The van der Waals surface area contributed by atoms with Gasteiger partial charge in [0.15, 0.2) is 17.3 Å². The molecule has 3 atom stereocenters. The molecule has 4 rings (SSSR count). The second kappa shape index (κ2) is 11.9. The molecular weight excluding hydrogens is 472 g/mol. The van der Waals surface area contributed by atoms with Crippen LogP contribution in [0.5, 0.6) is 17.2 Å². The van der Waals surface area contributed by atoms with Crippen LogP contribution in [-0.2, 0) is 20.9 Å². The summed E-state index contributed by atoms with van der Waals surface area (Å²) >= 11 is 0. The Morgan fingerprint density at radius 2 is 1.51 bits per heavy atom. The molecule has 0 N–H and O–H groups in total. The van der Waals surface area contributed by atoms with E-state index >= 15 is 0 Å². The third kappa shape index (κ3) is 5.32. The number of ether oxygens (including phenoxy) is 5. The Hall–Kier alpha value is -3.84. The lowest BCUT2D eigenvalue weighted by Crippen LogP contribution is -2.43. The molecule has 3 aromatic rings. The first-order chi connectivity index (χ1) is 18.0. The van der Waals surface area contributed by atoms with Crippen LogP contribution in [0.4, 0.5) is 0 Å². The van der Waals surface area contributed by atoms with E-state index in [0.717, 1.165) is 16.7 Å². The number of benzene rings is 3. The first kappa shape index (κ1) is 26.2. The summed E-state index contributed by atoms with van der Waals surface area (Å²) in [5.74, 6) is -1.24. The van der Waals surface area contributed by atoms with Crippen LogP contribution in [0.3, 0.4) is 0 Å². The third-order valence-corrected chi connectivity index (χ3v) is 6.70. The van der Waals surface area contributed by atoms with E-state index in [2.05, 4.69) is 0 Å². The van der Waals surface area contributed by atoms with Crippen molar-refractivity contribution in [2.45, 2.75) is 19.4 Å². The van der Waals surface area contributed by atoms with Crippen molar-refractivity contribution >= 4 is 11.8 Å². The van der Waals surface area contributed by atoms with Gasteiger partial charge >= 0.3 is 5.97 Å². The average molecular weight is 505 g/mol. The highest BCUT2D eigenvalue weighted by atomic mass is 16.5. The van der Waals surface area contributed by atoms with Crippen molar-refractivity contribution in [1.82, 2.24) is 0 Å². The Morgan fingerprint density at radius 1 is 0.865 bits per heavy atom. The zero-order valence-corrected chi connectivity index (χ0v) is 21.6. The van der Waals surface area contributed by atoms with Crippen LogP contribution in [0.2, 0.25) is 0 Å². The van der Waals surface area contributed by atoms with E-state index in [-0.39, 0.29) is 19.0 Å². The summed E-state index contributed by atoms with van der Waals surface area (Å²) in [6, 6.07) is 20.7. The van der Waals surface area contributed by atoms with Crippen molar-refractivity contribution in [2.24, 2.45) is 11.8 Å². The van der Waals surface area contributed by atoms with Crippen LogP contribution in [0.15, 0.2) is 66.7 Å². The molecule has 37 heavy (non-hydrogen) atoms. The number of hydrogen-bond acceptors (Lipinski definition) is 7. The summed E-state index contributed by atoms with van der Waals surface area (Å²) in [4.78, 5) is 27.2. The molecule has 7 heteroatoms. The number of fused-ring (bicyclic) bond motifs is 1. The van der Waals surface area contributed by atoms with Crippen molar-refractivity contribution in [3.05, 3.63) is 89.0 Å². The van der Waals surface area contributed by atoms with E-state index in [0.29, 0.717) is 29.4 Å². The number of Topliss-reactive ketones (excluding diaryl/α,β-unsaturated/α-hetero) is 1. The molecular formula is C30H32O7. The molecule has 7 nitrogen and oxygen atoms in total. The molecule has 0 saturated heterocycles. The van der Waals surface area contributed by atoms with Crippen molar-refractivity contribution in [3.63, 3.8) is 0 Å². The highest BCUT2D eigenvalue weighted by molar-refractivity contribution is 6.04. The first-order valence-corrected chi connectivity index (χ1v) is 12.2. The fourth-order valence-corrected chi connectivity index (χ4v) is 5.05. The number of esters is 1. The van der Waals surface area contributed by atoms with Gasteiger partial charge in [0.25, 0.3) is 0 Å². The summed E-state index contributed by atoms with van der Waals surface area (Å²) in [7, 11) is 4.63. The highest BCUT2D eigenvalue weighted by Crippen LogP contribution is 2.48. The normalized spacial score (nSPS) is 18.6. The minimum absolute atomic E-state index is 0.0759. The molecule has 0 saturated carbocycles. The van der Waals surface area contributed by atoms with Crippen LogP contribution in [0.1, 0.15) is 39.9 Å². The molecule has 0 aromatic heterocycles. The monoisotopic (exact) mass is 504 g/mol. The molecule has 0 fully saturated rings. The van der Waals surface area contributed by atoms with E-state index in [1.165, 1.54) is 7.11 Å². The number of carbonyl (C=O) groups is 2. The van der Waals surface area contributed by atoms with Gasteiger partial charge in [-0.2, -0.15) is 0 Å². The number of methoxy groups -OCH3 is 3. The van der Waals surface area contributed by atoms with Gasteiger partial charge in [-0.3, -0.25) is 9.59 Å². The second-order valence-corrected chi connectivity index (χ2v) is 8.77. The van der Waals surface area contributed by atoms with Crippen molar-refractivity contribution in [1.29, 1.82) is 0 Å². The fourth-order valence-electron chi connectivity index (χ4n) is 5.05. The van der Waals surface area contributed by atoms with Crippen LogP contribution in [0.25, 0.3) is 0 Å². The minimum Gasteiger partial charge on any atom is -0.493 e. The van der Waals surface area contributed by atoms with Crippen molar-refractivity contribution < 1.29 is 33.3 Å². The van der Waals surface area contributed by atoms with Gasteiger partial charge in [0.2, 0.25) is 5.75 Å². The molecule has 0 heterocycles. The van der Waals surface area contributed by atoms with Gasteiger partial charge in [0.1, 0.15) is 0 Å². The second-order valence-electron chi connectivity index (χ2n) is 8.77. The van der Waals surface area contributed by atoms with Crippen LogP contribution in [-0.4, -0.2) is 46.3 Å². The number of carbonyl (C=O) groups excluding carboxylic acids is 2. The van der Waals surface area contributed by atoms with Crippen LogP contribution < -0.4 is 14.2 Å². The molecule has 0 bridgehead atoms. The number of hydrogen-bond donors (Lipinski definition) is 0. The number of ketones is 1. The first-order valence-electron chi connectivity index (χ1n) is 12.2. The zero-order chi connectivity index (χ0) is 26.4. The topological polar surface area (TPSA) is 80.3 Å². The maximum Gasteiger partial charge on any atom is 0.310 e. The predicted molar refractivity (Wildman–Crippen MR) is 138 cm³/mol. The molecule has 0 spiro atoms. The van der Waals surface area contributed by atoms with E-state index in [1.54, 1.807) is 27.2 Å². The Morgan fingerprint density at radius 3 is 2.14 bits per heavy atom. The smallest absolute Gasteiger partial charge is 0.310 e. The molecule has 3 aromatic carbocycles. The summed E-state index contributed by atoms with van der Waals surface area (Å²) in [5, 5.41) is 0. The Balaban J connectivity index is 1.82. The lowest BCUT2D eigenvalue weighted by molar-refractivity contribution is -0.151. The molecule has 0 unspecified atom stereocenters. The molecule has 194 valence electrons. The van der Waals surface area contributed by atoms with E-state index in [4.69, 9.17) is 23.7 Å². The Labute approximate surface area is 217 Å². The molecule has 0 aliphatic heterocycles. The SMILES string of the molecule is CCOC(=O)[C@H]1[C@@H](c2cc(OC)c(OC)c(OC)c2)c2ccccc2C(=O)[C@@H]1COCc1ccccc1. The van der Waals surface area contributed by atoms with Gasteiger partial charge in [0, 0.05) is 11.5 Å². The maximum absolute atomic E-state index is 13.7. The minimum atomic E-state index is -0.805. The Kier molecular flexibility index (Phi) is 8.46. The lowest BCUT2D eigenvalue weighted by atomic mass is 9.66. The van der Waals surface area contributed by atoms with E-state index < -0.39 is 23.7 Å². The van der Waals surface area contributed by atoms with Gasteiger partial charge < -0.3 is 23.7 Å². The van der Waals surface area contributed by atoms with E-state index in [9.17, 15) is 9.59 Å². The summed E-state index contributed by atoms with van der Waals surface area (Å²) < 4.78 is 28.2. The molecule has 0 amide bonds. The quantitative estimate of drug-likeness (QED) is 0.357. The maximum atomic E-state index is 13.7. The van der Waals surface area contributed by atoms with Crippen molar-refractivity contribution in [3.8, 4) is 17.2 Å². The molecule has 1 aliphatic rings. The fraction of sp³-hybridized carbons (Fsp3) is 0.333.